The van der Waals surface area contributed by atoms with Crippen molar-refractivity contribution >= 4 is 0 Å². The summed E-state index contributed by atoms with van der Waals surface area (Å²) in [6, 6.07) is 6.35. The van der Waals surface area contributed by atoms with Crippen molar-refractivity contribution in [1.29, 1.82) is 0 Å². The number of unbranched alkanes of at least 4 members (excludes halogenated alkanes) is 2. The molecular formula is C14H23NO. The third-order valence-electron chi connectivity index (χ3n) is 2.67. The van der Waals surface area contributed by atoms with Crippen molar-refractivity contribution in [2.45, 2.75) is 33.1 Å². The van der Waals surface area contributed by atoms with Crippen LogP contribution >= 0.6 is 0 Å². The molecule has 90 valence electrons. The molecule has 16 heavy (non-hydrogen) atoms. The highest BCUT2D eigenvalue weighted by molar-refractivity contribution is 5.35. The van der Waals surface area contributed by atoms with Crippen molar-refractivity contribution in [3.63, 3.8) is 0 Å². The molecule has 0 fully saturated rings. The molecule has 2 heteroatoms. The zero-order valence-corrected chi connectivity index (χ0v) is 10.7. The van der Waals surface area contributed by atoms with Gasteiger partial charge in [-0.15, -0.1) is 0 Å². The minimum atomic E-state index is 0.827. The van der Waals surface area contributed by atoms with Crippen molar-refractivity contribution in [2.75, 3.05) is 20.2 Å². The summed E-state index contributed by atoms with van der Waals surface area (Å²) in [6.07, 6.45) is 3.59. The second-order valence-electron chi connectivity index (χ2n) is 4.28. The first-order valence-corrected chi connectivity index (χ1v) is 6.08. The van der Waals surface area contributed by atoms with Gasteiger partial charge in [0, 0.05) is 0 Å². The van der Waals surface area contributed by atoms with Crippen molar-refractivity contribution in [3.05, 3.63) is 29.3 Å². The standard InChI is InChI=1S/C14H23NO/c1-12-7-8-13(2)14(11-12)16-10-6-4-5-9-15-3/h7-8,11,15H,4-6,9-10H2,1-3H3. The maximum Gasteiger partial charge on any atom is 0.122 e. The van der Waals surface area contributed by atoms with Gasteiger partial charge < -0.3 is 10.1 Å². The van der Waals surface area contributed by atoms with Crippen LogP contribution in [0.1, 0.15) is 30.4 Å². The van der Waals surface area contributed by atoms with Gasteiger partial charge >= 0.3 is 0 Å². The lowest BCUT2D eigenvalue weighted by Crippen LogP contribution is -2.08. The summed E-state index contributed by atoms with van der Waals surface area (Å²) in [5.74, 6) is 1.04. The number of aryl methyl sites for hydroxylation is 2. The number of benzene rings is 1. The largest absolute Gasteiger partial charge is 0.493 e. The minimum absolute atomic E-state index is 0.827. The second kappa shape index (κ2) is 7.29. The van der Waals surface area contributed by atoms with Crippen LogP contribution in [0.2, 0.25) is 0 Å². The van der Waals surface area contributed by atoms with Gasteiger partial charge in [0.25, 0.3) is 0 Å². The molecule has 0 heterocycles. The van der Waals surface area contributed by atoms with Crippen molar-refractivity contribution in [3.8, 4) is 5.75 Å². The highest BCUT2D eigenvalue weighted by Gasteiger charge is 1.99. The Kier molecular flexibility index (Phi) is 5.94. The Morgan fingerprint density at radius 2 is 1.94 bits per heavy atom. The number of hydrogen-bond donors (Lipinski definition) is 1. The Labute approximate surface area is 99.0 Å². The van der Waals surface area contributed by atoms with E-state index in [1.54, 1.807) is 0 Å². The lowest BCUT2D eigenvalue weighted by atomic mass is 10.1. The summed E-state index contributed by atoms with van der Waals surface area (Å²) in [4.78, 5) is 0. The molecule has 0 radical (unpaired) electrons. The highest BCUT2D eigenvalue weighted by Crippen LogP contribution is 2.19. The number of ether oxygens (including phenoxy) is 1. The zero-order chi connectivity index (χ0) is 11.8. The molecule has 1 rings (SSSR count). The van der Waals surface area contributed by atoms with Gasteiger partial charge in [0.15, 0.2) is 0 Å². The van der Waals surface area contributed by atoms with Crippen LogP contribution in [-0.4, -0.2) is 20.2 Å². The molecular weight excluding hydrogens is 198 g/mol. The third kappa shape index (κ3) is 4.67. The monoisotopic (exact) mass is 221 g/mol. The van der Waals surface area contributed by atoms with Gasteiger partial charge in [-0.1, -0.05) is 12.1 Å². The molecule has 1 N–H and O–H groups in total. The van der Waals surface area contributed by atoms with E-state index in [1.807, 2.05) is 7.05 Å². The van der Waals surface area contributed by atoms with Crippen LogP contribution < -0.4 is 10.1 Å². The molecule has 0 bridgehead atoms. The van der Waals surface area contributed by atoms with Gasteiger partial charge in [-0.05, 0) is 63.9 Å². The van der Waals surface area contributed by atoms with E-state index in [1.165, 1.54) is 24.0 Å². The summed E-state index contributed by atoms with van der Waals surface area (Å²) in [6.45, 7) is 6.12. The topological polar surface area (TPSA) is 21.3 Å². The molecule has 0 amide bonds. The summed E-state index contributed by atoms with van der Waals surface area (Å²) in [7, 11) is 1.99. The molecule has 0 saturated carbocycles. The van der Waals surface area contributed by atoms with Crippen LogP contribution in [0.4, 0.5) is 0 Å². The molecule has 0 atom stereocenters. The molecule has 0 aromatic heterocycles. The van der Waals surface area contributed by atoms with Crippen LogP contribution in [0.15, 0.2) is 18.2 Å². The fourth-order valence-corrected chi connectivity index (χ4v) is 1.63. The highest BCUT2D eigenvalue weighted by atomic mass is 16.5. The van der Waals surface area contributed by atoms with E-state index in [9.17, 15) is 0 Å². The first kappa shape index (κ1) is 13.0. The normalized spacial score (nSPS) is 10.4. The number of hydrogen-bond acceptors (Lipinski definition) is 2. The summed E-state index contributed by atoms with van der Waals surface area (Å²) in [5.41, 5.74) is 2.48. The van der Waals surface area contributed by atoms with E-state index in [0.717, 1.165) is 25.3 Å². The summed E-state index contributed by atoms with van der Waals surface area (Å²) in [5, 5.41) is 3.15. The predicted octanol–water partition coefficient (Wildman–Crippen LogP) is 3.07. The van der Waals surface area contributed by atoms with Crippen LogP contribution in [-0.2, 0) is 0 Å². The Morgan fingerprint density at radius 1 is 1.12 bits per heavy atom. The maximum atomic E-state index is 5.78. The van der Waals surface area contributed by atoms with E-state index in [2.05, 4.69) is 37.4 Å². The third-order valence-corrected chi connectivity index (χ3v) is 2.67. The Bertz CT molecular complexity index is 310. The Hall–Kier alpha value is -1.02. The van der Waals surface area contributed by atoms with E-state index < -0.39 is 0 Å². The van der Waals surface area contributed by atoms with E-state index in [0.29, 0.717) is 0 Å². The zero-order valence-electron chi connectivity index (χ0n) is 10.7. The molecule has 0 aliphatic carbocycles. The van der Waals surface area contributed by atoms with Gasteiger partial charge in [-0.2, -0.15) is 0 Å². The van der Waals surface area contributed by atoms with Crippen molar-refractivity contribution < 1.29 is 4.74 Å². The molecule has 0 unspecified atom stereocenters. The average Bonchev–Trinajstić information content (AvgIpc) is 2.28. The van der Waals surface area contributed by atoms with Crippen molar-refractivity contribution in [2.24, 2.45) is 0 Å². The Balaban J connectivity index is 2.23. The van der Waals surface area contributed by atoms with Crippen LogP contribution in [0.3, 0.4) is 0 Å². The first-order chi connectivity index (χ1) is 7.74. The molecule has 1 aromatic rings. The quantitative estimate of drug-likeness (QED) is 0.714. The fraction of sp³-hybridized carbons (Fsp3) is 0.571. The van der Waals surface area contributed by atoms with Crippen LogP contribution in [0.25, 0.3) is 0 Å². The van der Waals surface area contributed by atoms with Crippen molar-refractivity contribution in [1.82, 2.24) is 5.32 Å². The lowest BCUT2D eigenvalue weighted by molar-refractivity contribution is 0.303. The minimum Gasteiger partial charge on any atom is -0.493 e. The van der Waals surface area contributed by atoms with Gasteiger partial charge in [0.2, 0.25) is 0 Å². The molecule has 0 aliphatic heterocycles. The van der Waals surface area contributed by atoms with Crippen LogP contribution in [0.5, 0.6) is 5.75 Å². The number of nitrogens with one attached hydrogen (secondary N) is 1. The molecule has 2 nitrogen and oxygen atoms in total. The van der Waals surface area contributed by atoms with E-state index in [-0.39, 0.29) is 0 Å². The average molecular weight is 221 g/mol. The van der Waals surface area contributed by atoms with Gasteiger partial charge in [-0.25, -0.2) is 0 Å². The van der Waals surface area contributed by atoms with Gasteiger partial charge in [0.1, 0.15) is 5.75 Å². The summed E-state index contributed by atoms with van der Waals surface area (Å²) < 4.78 is 5.78. The molecule has 1 aromatic carbocycles. The lowest BCUT2D eigenvalue weighted by Gasteiger charge is -2.09. The molecule has 0 saturated heterocycles. The Morgan fingerprint density at radius 3 is 2.69 bits per heavy atom. The fourth-order valence-electron chi connectivity index (χ4n) is 1.63. The van der Waals surface area contributed by atoms with Crippen LogP contribution in [0, 0.1) is 13.8 Å². The molecule has 0 spiro atoms. The van der Waals surface area contributed by atoms with Gasteiger partial charge in [0.05, 0.1) is 6.61 Å². The van der Waals surface area contributed by atoms with E-state index >= 15 is 0 Å². The predicted molar refractivity (Wildman–Crippen MR) is 69.2 cm³/mol. The SMILES string of the molecule is CNCCCCCOc1cc(C)ccc1C. The summed E-state index contributed by atoms with van der Waals surface area (Å²) >= 11 is 0. The first-order valence-electron chi connectivity index (χ1n) is 6.08. The van der Waals surface area contributed by atoms with Gasteiger partial charge in [-0.3, -0.25) is 0 Å². The maximum absolute atomic E-state index is 5.78. The smallest absolute Gasteiger partial charge is 0.122 e. The number of rotatable bonds is 7. The van der Waals surface area contributed by atoms with E-state index in [4.69, 9.17) is 4.74 Å². The molecule has 0 aliphatic rings. The second-order valence-corrected chi connectivity index (χ2v) is 4.28.